The highest BCUT2D eigenvalue weighted by Gasteiger charge is 2.25. The molecule has 3 N–H and O–H groups in total. The SMILES string of the molecule is CCCC/C=C\C/C=C\CCCCCCCCOCC(COP(=O)(O)OCCN)OC(=O)CCCCCCC/C=C\CCCCCCCC. The zero-order valence-corrected chi connectivity index (χ0v) is 32.6. The van der Waals surface area contributed by atoms with Gasteiger partial charge in [0.15, 0.2) is 0 Å². The number of rotatable bonds is 38. The van der Waals surface area contributed by atoms with Gasteiger partial charge in [-0.2, -0.15) is 0 Å². The number of esters is 1. The van der Waals surface area contributed by atoms with Crippen molar-refractivity contribution in [3.8, 4) is 0 Å². The summed E-state index contributed by atoms with van der Waals surface area (Å²) in [6.07, 6.45) is 41.5. The summed E-state index contributed by atoms with van der Waals surface area (Å²) in [6, 6.07) is 0. The third kappa shape index (κ3) is 37.8. The minimum absolute atomic E-state index is 0.0967. The standard InChI is InChI=1S/C40H76NO7P/c1-3-5-7-9-11-13-15-17-19-21-23-25-27-29-31-33-40(42)48-39(38-47-49(43,44)46-36-34-41)37-45-35-32-30-28-26-24-22-20-18-16-14-12-10-8-6-4-2/h10,12,16-19,39H,3-9,11,13-15,20-38,41H2,1-2H3,(H,43,44)/b12-10-,18-16-,19-17-. The first kappa shape index (κ1) is 47.7. The molecule has 0 heterocycles. The molecule has 0 aliphatic rings. The van der Waals surface area contributed by atoms with E-state index in [-0.39, 0.29) is 32.3 Å². The van der Waals surface area contributed by atoms with Crippen molar-refractivity contribution < 1.29 is 32.8 Å². The fourth-order valence-electron chi connectivity index (χ4n) is 5.30. The van der Waals surface area contributed by atoms with Gasteiger partial charge in [-0.15, -0.1) is 0 Å². The fourth-order valence-corrected chi connectivity index (χ4v) is 6.07. The molecule has 0 fully saturated rings. The van der Waals surface area contributed by atoms with E-state index in [9.17, 15) is 14.3 Å². The molecule has 2 unspecified atom stereocenters. The summed E-state index contributed by atoms with van der Waals surface area (Å²) in [6.45, 7) is 4.84. The van der Waals surface area contributed by atoms with Crippen LogP contribution in [0.5, 0.6) is 0 Å². The topological polar surface area (TPSA) is 117 Å². The first-order chi connectivity index (χ1) is 23.9. The maximum Gasteiger partial charge on any atom is 0.472 e. The maximum absolute atomic E-state index is 12.5. The van der Waals surface area contributed by atoms with E-state index in [1.165, 1.54) is 89.9 Å². The number of carbonyl (C=O) groups excluding carboxylic acids is 1. The molecule has 0 saturated heterocycles. The van der Waals surface area contributed by atoms with Gasteiger partial charge >= 0.3 is 13.8 Å². The van der Waals surface area contributed by atoms with E-state index in [0.717, 1.165) is 64.2 Å². The molecule has 0 amide bonds. The van der Waals surface area contributed by atoms with Gasteiger partial charge < -0.3 is 20.1 Å². The molecule has 8 nitrogen and oxygen atoms in total. The first-order valence-electron chi connectivity index (χ1n) is 20.0. The van der Waals surface area contributed by atoms with Crippen LogP contribution in [-0.2, 0) is 27.9 Å². The Kier molecular flexibility index (Phi) is 37.0. The molecule has 2 atom stereocenters. The highest BCUT2D eigenvalue weighted by molar-refractivity contribution is 7.47. The number of unbranched alkanes of at least 4 members (excludes halogenated alkanes) is 19. The van der Waals surface area contributed by atoms with Gasteiger partial charge in [-0.05, 0) is 64.2 Å². The molecule has 288 valence electrons. The highest BCUT2D eigenvalue weighted by Crippen LogP contribution is 2.43. The molecule has 0 aliphatic carbocycles. The quantitative estimate of drug-likeness (QED) is 0.0281. The average molecular weight is 714 g/mol. The van der Waals surface area contributed by atoms with Crippen LogP contribution in [-0.4, -0.2) is 49.9 Å². The molecular formula is C40H76NO7P. The van der Waals surface area contributed by atoms with E-state index in [1.807, 2.05) is 0 Å². The Labute approximate surface area is 301 Å². The van der Waals surface area contributed by atoms with Crippen molar-refractivity contribution in [3.63, 3.8) is 0 Å². The summed E-state index contributed by atoms with van der Waals surface area (Å²) in [5.41, 5.74) is 5.36. The van der Waals surface area contributed by atoms with Gasteiger partial charge in [0.25, 0.3) is 0 Å². The summed E-state index contributed by atoms with van der Waals surface area (Å²) < 4.78 is 33.3. The summed E-state index contributed by atoms with van der Waals surface area (Å²) in [7, 11) is -4.28. The van der Waals surface area contributed by atoms with E-state index < -0.39 is 13.9 Å². The van der Waals surface area contributed by atoms with Crippen molar-refractivity contribution in [2.75, 3.05) is 33.0 Å². The smallest absolute Gasteiger partial charge is 0.457 e. The second kappa shape index (κ2) is 38.0. The Morgan fingerprint density at radius 2 is 1.10 bits per heavy atom. The number of allylic oxidation sites excluding steroid dienone is 6. The number of phosphoric acid groups is 1. The van der Waals surface area contributed by atoms with Crippen molar-refractivity contribution in [2.24, 2.45) is 5.73 Å². The maximum atomic E-state index is 12.5. The Hall–Kier alpha value is -1.28. The molecule has 9 heteroatoms. The predicted octanol–water partition coefficient (Wildman–Crippen LogP) is 11.5. The van der Waals surface area contributed by atoms with Crippen LogP contribution < -0.4 is 5.73 Å². The van der Waals surface area contributed by atoms with E-state index >= 15 is 0 Å². The Balaban J connectivity index is 4.10. The average Bonchev–Trinajstić information content (AvgIpc) is 3.09. The van der Waals surface area contributed by atoms with Crippen LogP contribution in [0.25, 0.3) is 0 Å². The van der Waals surface area contributed by atoms with Gasteiger partial charge in [0.1, 0.15) is 6.10 Å². The second-order valence-electron chi connectivity index (χ2n) is 13.1. The number of phosphoric ester groups is 1. The minimum Gasteiger partial charge on any atom is -0.457 e. The zero-order chi connectivity index (χ0) is 35.9. The third-order valence-electron chi connectivity index (χ3n) is 8.28. The van der Waals surface area contributed by atoms with Crippen molar-refractivity contribution in [1.29, 1.82) is 0 Å². The van der Waals surface area contributed by atoms with Crippen molar-refractivity contribution in [1.82, 2.24) is 0 Å². The molecule has 0 spiro atoms. The van der Waals surface area contributed by atoms with E-state index in [1.54, 1.807) is 0 Å². The van der Waals surface area contributed by atoms with Crippen LogP contribution in [0.15, 0.2) is 36.5 Å². The molecule has 0 saturated carbocycles. The largest absolute Gasteiger partial charge is 0.472 e. The lowest BCUT2D eigenvalue weighted by atomic mass is 10.1. The lowest BCUT2D eigenvalue weighted by molar-refractivity contribution is -0.154. The van der Waals surface area contributed by atoms with E-state index in [0.29, 0.717) is 13.0 Å². The Morgan fingerprint density at radius 1 is 0.612 bits per heavy atom. The Bertz CT molecular complexity index is 848. The number of ether oxygens (including phenoxy) is 2. The highest BCUT2D eigenvalue weighted by atomic mass is 31.2. The van der Waals surface area contributed by atoms with Crippen LogP contribution in [0, 0.1) is 0 Å². The fraction of sp³-hybridized carbons (Fsp3) is 0.825. The van der Waals surface area contributed by atoms with Gasteiger partial charge in [0, 0.05) is 19.6 Å². The molecule has 0 aliphatic heterocycles. The van der Waals surface area contributed by atoms with E-state index in [4.69, 9.17) is 24.3 Å². The number of hydrogen-bond donors (Lipinski definition) is 2. The van der Waals surface area contributed by atoms with Crippen molar-refractivity contribution in [3.05, 3.63) is 36.5 Å². The molecule has 0 bridgehead atoms. The molecule has 0 rings (SSSR count). The summed E-state index contributed by atoms with van der Waals surface area (Å²) >= 11 is 0. The van der Waals surface area contributed by atoms with Gasteiger partial charge in [-0.25, -0.2) is 4.57 Å². The van der Waals surface area contributed by atoms with Gasteiger partial charge in [0.05, 0.1) is 19.8 Å². The summed E-state index contributed by atoms with van der Waals surface area (Å²) in [5.74, 6) is -0.344. The summed E-state index contributed by atoms with van der Waals surface area (Å²) in [4.78, 5) is 22.4. The van der Waals surface area contributed by atoms with Crippen LogP contribution in [0.4, 0.5) is 0 Å². The molecule has 49 heavy (non-hydrogen) atoms. The number of nitrogens with two attached hydrogens (primary N) is 1. The summed E-state index contributed by atoms with van der Waals surface area (Å²) in [5, 5.41) is 0. The number of hydrogen-bond acceptors (Lipinski definition) is 7. The number of carbonyl (C=O) groups is 1. The molecule has 0 aromatic heterocycles. The van der Waals surface area contributed by atoms with Crippen LogP contribution in [0.1, 0.15) is 174 Å². The first-order valence-corrected chi connectivity index (χ1v) is 21.5. The zero-order valence-electron chi connectivity index (χ0n) is 31.7. The van der Waals surface area contributed by atoms with Crippen molar-refractivity contribution >= 4 is 13.8 Å². The van der Waals surface area contributed by atoms with Gasteiger partial charge in [0.2, 0.25) is 0 Å². The van der Waals surface area contributed by atoms with Gasteiger partial charge in [-0.1, -0.05) is 140 Å². The van der Waals surface area contributed by atoms with Crippen LogP contribution >= 0.6 is 7.82 Å². The lowest BCUT2D eigenvalue weighted by Crippen LogP contribution is -2.28. The van der Waals surface area contributed by atoms with E-state index in [2.05, 4.69) is 50.3 Å². The lowest BCUT2D eigenvalue weighted by Gasteiger charge is -2.20. The minimum atomic E-state index is -4.28. The van der Waals surface area contributed by atoms with Crippen molar-refractivity contribution in [2.45, 2.75) is 180 Å². The monoisotopic (exact) mass is 714 g/mol. The molecule has 0 aromatic rings. The predicted molar refractivity (Wildman–Crippen MR) is 206 cm³/mol. The van der Waals surface area contributed by atoms with Gasteiger partial charge in [-0.3, -0.25) is 13.8 Å². The normalized spacial score (nSPS) is 14.0. The Morgan fingerprint density at radius 3 is 1.67 bits per heavy atom. The third-order valence-corrected chi connectivity index (χ3v) is 9.26. The molecule has 0 radical (unpaired) electrons. The second-order valence-corrected chi connectivity index (χ2v) is 14.6. The molecule has 0 aromatic carbocycles. The van der Waals surface area contributed by atoms with Crippen LogP contribution in [0.3, 0.4) is 0 Å². The molecular weight excluding hydrogens is 637 g/mol. The van der Waals surface area contributed by atoms with Crippen LogP contribution in [0.2, 0.25) is 0 Å².